The largest absolute Gasteiger partial charge is 0.493 e. The number of nitrogens with two attached hydrogens (primary N) is 1. The molecule has 1 fully saturated rings. The van der Waals surface area contributed by atoms with E-state index in [0.29, 0.717) is 37.7 Å². The van der Waals surface area contributed by atoms with E-state index in [1.165, 1.54) is 0 Å². The number of halogens is 1. The molecular weight excluding hydrogens is 332 g/mol. The summed E-state index contributed by atoms with van der Waals surface area (Å²) in [6.07, 6.45) is 2.42. The van der Waals surface area contributed by atoms with Crippen LogP contribution in [0.25, 0.3) is 0 Å². The lowest BCUT2D eigenvalue weighted by Crippen LogP contribution is -2.47. The van der Waals surface area contributed by atoms with Crippen molar-refractivity contribution in [1.82, 2.24) is 5.32 Å². The molecule has 1 heterocycles. The monoisotopic (exact) mass is 358 g/mol. The van der Waals surface area contributed by atoms with Gasteiger partial charge < -0.3 is 25.3 Å². The fraction of sp³-hybridized carbons (Fsp3) is 0.588. The molecule has 6 nitrogen and oxygen atoms in total. The molecule has 24 heavy (non-hydrogen) atoms. The Morgan fingerprint density at radius 1 is 1.29 bits per heavy atom. The van der Waals surface area contributed by atoms with Crippen molar-refractivity contribution in [1.29, 1.82) is 0 Å². The van der Waals surface area contributed by atoms with Crippen molar-refractivity contribution < 1.29 is 19.0 Å². The van der Waals surface area contributed by atoms with Crippen molar-refractivity contribution in [2.45, 2.75) is 25.3 Å². The Bertz CT molecular complexity index is 521. The molecule has 0 aromatic heterocycles. The van der Waals surface area contributed by atoms with E-state index in [1.807, 2.05) is 18.2 Å². The number of carbonyl (C=O) groups is 1. The van der Waals surface area contributed by atoms with Gasteiger partial charge in [-0.25, -0.2) is 0 Å². The molecule has 136 valence electrons. The molecule has 7 heteroatoms. The van der Waals surface area contributed by atoms with E-state index >= 15 is 0 Å². The molecule has 0 spiro atoms. The summed E-state index contributed by atoms with van der Waals surface area (Å²) in [5.41, 5.74) is 7.12. The fourth-order valence-electron chi connectivity index (χ4n) is 2.77. The van der Waals surface area contributed by atoms with Gasteiger partial charge in [-0.3, -0.25) is 4.79 Å². The minimum Gasteiger partial charge on any atom is -0.493 e. The van der Waals surface area contributed by atoms with Gasteiger partial charge in [-0.2, -0.15) is 0 Å². The third kappa shape index (κ3) is 5.54. The summed E-state index contributed by atoms with van der Waals surface area (Å²) in [6, 6.07) is 5.29. The average Bonchev–Trinajstić information content (AvgIpc) is 2.61. The standard InChI is InChI=1S/C17H26N2O4.ClH/c1-21-14-4-3-12(11-15(14)22-2)5-8-19-17(20)16(18)13-6-9-23-10-7-13;/h3-4,11,13,16H,5-10,18H2,1-2H3,(H,19,20);1H. The SMILES string of the molecule is COc1ccc(CCNC(=O)C(N)C2CCOCC2)cc1OC.Cl. The Morgan fingerprint density at radius 3 is 2.58 bits per heavy atom. The minimum atomic E-state index is -0.454. The van der Waals surface area contributed by atoms with Gasteiger partial charge in [-0.1, -0.05) is 6.07 Å². The number of ether oxygens (including phenoxy) is 3. The van der Waals surface area contributed by atoms with Crippen LogP contribution in [0.5, 0.6) is 11.5 Å². The van der Waals surface area contributed by atoms with Gasteiger partial charge >= 0.3 is 0 Å². The first-order valence-corrected chi connectivity index (χ1v) is 7.97. The van der Waals surface area contributed by atoms with Crippen molar-refractivity contribution in [3.8, 4) is 11.5 Å². The molecule has 0 saturated carbocycles. The fourth-order valence-corrected chi connectivity index (χ4v) is 2.77. The zero-order chi connectivity index (χ0) is 16.7. The number of nitrogens with one attached hydrogen (secondary N) is 1. The van der Waals surface area contributed by atoms with Crippen LogP contribution in [0.4, 0.5) is 0 Å². The number of methoxy groups -OCH3 is 2. The summed E-state index contributed by atoms with van der Waals surface area (Å²) >= 11 is 0. The lowest BCUT2D eigenvalue weighted by molar-refractivity contribution is -0.124. The number of hydrogen-bond donors (Lipinski definition) is 2. The second kappa shape index (κ2) is 10.4. The van der Waals surface area contributed by atoms with Crippen LogP contribution in [0.3, 0.4) is 0 Å². The maximum atomic E-state index is 12.1. The molecule has 2 rings (SSSR count). The summed E-state index contributed by atoms with van der Waals surface area (Å²) < 4.78 is 15.8. The van der Waals surface area contributed by atoms with Gasteiger partial charge in [0.2, 0.25) is 5.91 Å². The number of carbonyl (C=O) groups excluding carboxylic acids is 1. The number of benzene rings is 1. The molecule has 0 bridgehead atoms. The van der Waals surface area contributed by atoms with E-state index in [2.05, 4.69) is 5.32 Å². The van der Waals surface area contributed by atoms with Gasteiger partial charge in [0, 0.05) is 19.8 Å². The van der Waals surface area contributed by atoms with Crippen LogP contribution in [0.15, 0.2) is 18.2 Å². The lowest BCUT2D eigenvalue weighted by atomic mass is 9.92. The molecule has 1 atom stereocenters. The summed E-state index contributed by atoms with van der Waals surface area (Å²) in [4.78, 5) is 12.1. The summed E-state index contributed by atoms with van der Waals surface area (Å²) in [7, 11) is 3.21. The Kier molecular flexibility index (Phi) is 8.89. The van der Waals surface area contributed by atoms with Crippen molar-refractivity contribution in [2.75, 3.05) is 34.0 Å². The summed E-state index contributed by atoms with van der Waals surface area (Å²) in [6.45, 7) is 1.93. The van der Waals surface area contributed by atoms with Gasteiger partial charge in [0.05, 0.1) is 20.3 Å². The van der Waals surface area contributed by atoms with E-state index in [9.17, 15) is 4.79 Å². The van der Waals surface area contributed by atoms with Crippen molar-refractivity contribution in [3.05, 3.63) is 23.8 Å². The maximum absolute atomic E-state index is 12.1. The molecule has 1 aromatic rings. The van der Waals surface area contributed by atoms with Crippen LogP contribution in [0, 0.1) is 5.92 Å². The third-order valence-corrected chi connectivity index (χ3v) is 4.24. The molecule has 3 N–H and O–H groups in total. The lowest BCUT2D eigenvalue weighted by Gasteiger charge is -2.26. The normalized spacial score (nSPS) is 16.0. The molecular formula is C17H27ClN2O4. The zero-order valence-corrected chi connectivity index (χ0v) is 15.1. The Balaban J connectivity index is 0.00000288. The number of hydrogen-bond acceptors (Lipinski definition) is 5. The smallest absolute Gasteiger partial charge is 0.237 e. The zero-order valence-electron chi connectivity index (χ0n) is 14.2. The minimum absolute atomic E-state index is 0. The molecule has 1 saturated heterocycles. The van der Waals surface area contributed by atoms with Crippen molar-refractivity contribution >= 4 is 18.3 Å². The highest BCUT2D eigenvalue weighted by atomic mass is 35.5. The van der Waals surface area contributed by atoms with Crippen molar-refractivity contribution in [3.63, 3.8) is 0 Å². The second-order valence-electron chi connectivity index (χ2n) is 5.71. The van der Waals surface area contributed by atoms with Crippen LogP contribution in [-0.4, -0.2) is 45.9 Å². The van der Waals surface area contributed by atoms with Crippen LogP contribution < -0.4 is 20.5 Å². The average molecular weight is 359 g/mol. The first-order valence-electron chi connectivity index (χ1n) is 7.97. The summed E-state index contributed by atoms with van der Waals surface area (Å²) in [5.74, 6) is 1.51. The Hall–Kier alpha value is -1.50. The molecule has 1 amide bonds. The van der Waals surface area contributed by atoms with Crippen LogP contribution in [-0.2, 0) is 16.0 Å². The molecule has 0 radical (unpaired) electrons. The first kappa shape index (κ1) is 20.5. The third-order valence-electron chi connectivity index (χ3n) is 4.24. The highest BCUT2D eigenvalue weighted by Crippen LogP contribution is 2.27. The first-order chi connectivity index (χ1) is 11.2. The van der Waals surface area contributed by atoms with Gasteiger partial charge in [0.15, 0.2) is 11.5 Å². The Morgan fingerprint density at radius 2 is 1.96 bits per heavy atom. The van der Waals surface area contributed by atoms with E-state index < -0.39 is 6.04 Å². The molecule has 1 aliphatic heterocycles. The molecule has 1 aromatic carbocycles. The summed E-state index contributed by atoms with van der Waals surface area (Å²) in [5, 5.41) is 2.92. The molecule has 1 aliphatic rings. The van der Waals surface area contributed by atoms with Gasteiger partial charge in [-0.05, 0) is 42.9 Å². The van der Waals surface area contributed by atoms with Crippen LogP contribution in [0.1, 0.15) is 18.4 Å². The van der Waals surface area contributed by atoms with Crippen molar-refractivity contribution in [2.24, 2.45) is 11.7 Å². The molecule has 0 aliphatic carbocycles. The van der Waals surface area contributed by atoms with Crippen LogP contribution in [0.2, 0.25) is 0 Å². The number of rotatable bonds is 7. The van der Waals surface area contributed by atoms with Crippen LogP contribution >= 0.6 is 12.4 Å². The van der Waals surface area contributed by atoms with Gasteiger partial charge in [0.25, 0.3) is 0 Å². The highest BCUT2D eigenvalue weighted by molar-refractivity contribution is 5.85. The van der Waals surface area contributed by atoms with Gasteiger partial charge in [-0.15, -0.1) is 12.4 Å². The Labute approximate surface area is 149 Å². The van der Waals surface area contributed by atoms with E-state index in [0.717, 1.165) is 18.4 Å². The predicted octanol–water partition coefficient (Wildman–Crippen LogP) is 1.54. The highest BCUT2D eigenvalue weighted by Gasteiger charge is 2.26. The predicted molar refractivity (Wildman–Crippen MR) is 95.0 cm³/mol. The molecule has 1 unspecified atom stereocenters. The van der Waals surface area contributed by atoms with E-state index in [4.69, 9.17) is 19.9 Å². The van der Waals surface area contributed by atoms with Gasteiger partial charge in [0.1, 0.15) is 0 Å². The maximum Gasteiger partial charge on any atom is 0.237 e. The topological polar surface area (TPSA) is 82.8 Å². The quantitative estimate of drug-likeness (QED) is 0.772. The van der Waals surface area contributed by atoms with E-state index in [1.54, 1.807) is 14.2 Å². The van der Waals surface area contributed by atoms with E-state index in [-0.39, 0.29) is 24.2 Å². The second-order valence-corrected chi connectivity index (χ2v) is 5.71. The number of amides is 1.